The standard InChI is InChI=1S/C18H18FN5O/c1-11-6-13(4-5-15(11)19)9-20-18(25)16-8-14(7-12(2)22-16)17-21-10-24(3)23-17/h4-8,10H,9H2,1-3H3,(H,20,25). The maximum Gasteiger partial charge on any atom is 0.270 e. The minimum atomic E-state index is -0.303. The third-order valence-corrected chi connectivity index (χ3v) is 3.72. The fourth-order valence-electron chi connectivity index (χ4n) is 2.48. The molecule has 0 saturated heterocycles. The van der Waals surface area contributed by atoms with Gasteiger partial charge in [-0.1, -0.05) is 12.1 Å². The van der Waals surface area contributed by atoms with Gasteiger partial charge in [0.1, 0.15) is 17.8 Å². The van der Waals surface area contributed by atoms with Crippen molar-refractivity contribution in [1.82, 2.24) is 25.1 Å². The van der Waals surface area contributed by atoms with Crippen molar-refractivity contribution < 1.29 is 9.18 Å². The van der Waals surface area contributed by atoms with Crippen molar-refractivity contribution in [2.45, 2.75) is 20.4 Å². The molecule has 25 heavy (non-hydrogen) atoms. The van der Waals surface area contributed by atoms with Crippen LogP contribution in [0.5, 0.6) is 0 Å². The average Bonchev–Trinajstić information content (AvgIpc) is 3.01. The van der Waals surface area contributed by atoms with Crippen molar-refractivity contribution in [1.29, 1.82) is 0 Å². The first kappa shape index (κ1) is 16.8. The molecule has 0 unspecified atom stereocenters. The summed E-state index contributed by atoms with van der Waals surface area (Å²) in [5.41, 5.74) is 3.10. The van der Waals surface area contributed by atoms with Crippen molar-refractivity contribution in [3.63, 3.8) is 0 Å². The zero-order valence-electron chi connectivity index (χ0n) is 14.2. The Hall–Kier alpha value is -3.09. The number of carbonyl (C=O) groups is 1. The molecular formula is C18H18FN5O. The van der Waals surface area contributed by atoms with Crippen molar-refractivity contribution in [3.05, 3.63) is 65.0 Å². The topological polar surface area (TPSA) is 72.7 Å². The fourth-order valence-corrected chi connectivity index (χ4v) is 2.48. The van der Waals surface area contributed by atoms with Crippen LogP contribution in [0.2, 0.25) is 0 Å². The molecule has 1 aromatic carbocycles. The van der Waals surface area contributed by atoms with E-state index in [0.717, 1.165) is 11.1 Å². The number of carbonyl (C=O) groups excluding carboxylic acids is 1. The van der Waals surface area contributed by atoms with Gasteiger partial charge in [0.2, 0.25) is 0 Å². The highest BCUT2D eigenvalue weighted by Crippen LogP contribution is 2.17. The summed E-state index contributed by atoms with van der Waals surface area (Å²) in [6, 6.07) is 8.24. The highest BCUT2D eigenvalue weighted by atomic mass is 19.1. The van der Waals surface area contributed by atoms with Gasteiger partial charge in [0.05, 0.1) is 0 Å². The second-order valence-electron chi connectivity index (χ2n) is 5.89. The monoisotopic (exact) mass is 339 g/mol. The predicted molar refractivity (Wildman–Crippen MR) is 91.3 cm³/mol. The number of hydrogen-bond acceptors (Lipinski definition) is 4. The second-order valence-corrected chi connectivity index (χ2v) is 5.89. The van der Waals surface area contributed by atoms with Gasteiger partial charge in [0.15, 0.2) is 5.82 Å². The Morgan fingerprint density at radius 1 is 1.24 bits per heavy atom. The molecule has 0 atom stereocenters. The molecule has 0 aliphatic carbocycles. The number of nitrogens with one attached hydrogen (secondary N) is 1. The highest BCUT2D eigenvalue weighted by Gasteiger charge is 2.12. The SMILES string of the molecule is Cc1cc(-c2ncn(C)n2)cc(C(=O)NCc2ccc(F)c(C)c2)n1. The molecule has 2 heterocycles. The Kier molecular flexibility index (Phi) is 4.56. The van der Waals surface area contributed by atoms with Crippen LogP contribution in [0.3, 0.4) is 0 Å². The number of benzene rings is 1. The quantitative estimate of drug-likeness (QED) is 0.793. The number of nitrogens with zero attached hydrogens (tertiary/aromatic N) is 4. The van der Waals surface area contributed by atoms with Crippen LogP contribution in [0, 0.1) is 19.7 Å². The van der Waals surface area contributed by atoms with Crippen LogP contribution in [0.4, 0.5) is 4.39 Å². The molecule has 0 spiro atoms. The lowest BCUT2D eigenvalue weighted by Crippen LogP contribution is -2.24. The lowest BCUT2D eigenvalue weighted by molar-refractivity contribution is 0.0945. The van der Waals surface area contributed by atoms with Crippen LogP contribution in [0.15, 0.2) is 36.7 Å². The molecular weight excluding hydrogens is 321 g/mol. The first-order valence-corrected chi connectivity index (χ1v) is 7.80. The zero-order valence-corrected chi connectivity index (χ0v) is 14.2. The molecule has 0 aliphatic heterocycles. The largest absolute Gasteiger partial charge is 0.347 e. The minimum Gasteiger partial charge on any atom is -0.347 e. The van der Waals surface area contributed by atoms with Crippen LogP contribution in [-0.2, 0) is 13.6 Å². The zero-order chi connectivity index (χ0) is 18.0. The summed E-state index contributed by atoms with van der Waals surface area (Å²) in [6.07, 6.45) is 1.60. The van der Waals surface area contributed by atoms with Gasteiger partial charge in [-0.3, -0.25) is 9.48 Å². The highest BCUT2D eigenvalue weighted by molar-refractivity contribution is 5.93. The Morgan fingerprint density at radius 3 is 2.72 bits per heavy atom. The average molecular weight is 339 g/mol. The molecule has 0 aliphatic rings. The summed E-state index contributed by atoms with van der Waals surface area (Å²) >= 11 is 0. The van der Waals surface area contributed by atoms with Crippen molar-refractivity contribution in [3.8, 4) is 11.4 Å². The molecule has 6 nitrogen and oxygen atoms in total. The molecule has 1 N–H and O–H groups in total. The number of halogens is 1. The minimum absolute atomic E-state index is 0.261. The van der Waals surface area contributed by atoms with E-state index in [1.807, 2.05) is 13.0 Å². The molecule has 3 aromatic rings. The third-order valence-electron chi connectivity index (χ3n) is 3.72. The molecule has 0 fully saturated rings. The van der Waals surface area contributed by atoms with E-state index in [4.69, 9.17) is 0 Å². The third kappa shape index (κ3) is 3.88. The van der Waals surface area contributed by atoms with E-state index in [1.54, 1.807) is 43.2 Å². The Bertz CT molecular complexity index is 935. The first-order valence-electron chi connectivity index (χ1n) is 7.80. The summed E-state index contributed by atoms with van der Waals surface area (Å²) in [5.74, 6) is -0.0259. The summed E-state index contributed by atoms with van der Waals surface area (Å²) in [7, 11) is 1.78. The maximum absolute atomic E-state index is 13.3. The van der Waals surface area contributed by atoms with Gasteiger partial charge in [0, 0.05) is 24.8 Å². The number of amides is 1. The Labute approximate surface area is 144 Å². The van der Waals surface area contributed by atoms with Gasteiger partial charge in [-0.05, 0) is 43.2 Å². The van der Waals surface area contributed by atoms with Gasteiger partial charge < -0.3 is 5.32 Å². The van der Waals surface area contributed by atoms with E-state index >= 15 is 0 Å². The van der Waals surface area contributed by atoms with Gasteiger partial charge in [-0.25, -0.2) is 14.4 Å². The normalized spacial score (nSPS) is 10.7. The van der Waals surface area contributed by atoms with Crippen LogP contribution >= 0.6 is 0 Å². The van der Waals surface area contributed by atoms with Crippen LogP contribution < -0.4 is 5.32 Å². The van der Waals surface area contributed by atoms with Crippen molar-refractivity contribution in [2.75, 3.05) is 0 Å². The summed E-state index contributed by atoms with van der Waals surface area (Å²) in [4.78, 5) is 20.9. The van der Waals surface area contributed by atoms with E-state index in [9.17, 15) is 9.18 Å². The molecule has 1 amide bonds. The smallest absolute Gasteiger partial charge is 0.270 e. The summed E-state index contributed by atoms with van der Waals surface area (Å²) < 4.78 is 14.9. The number of aromatic nitrogens is 4. The van der Waals surface area contributed by atoms with Gasteiger partial charge in [-0.15, -0.1) is 0 Å². The van der Waals surface area contributed by atoms with E-state index in [1.165, 1.54) is 6.07 Å². The molecule has 0 saturated carbocycles. The van der Waals surface area contributed by atoms with Crippen LogP contribution in [0.1, 0.15) is 27.3 Å². The lowest BCUT2D eigenvalue weighted by atomic mass is 10.1. The molecule has 2 aromatic heterocycles. The number of hydrogen-bond donors (Lipinski definition) is 1. The molecule has 128 valence electrons. The molecule has 0 bridgehead atoms. The molecule has 0 radical (unpaired) electrons. The first-order chi connectivity index (χ1) is 11.9. The molecule has 3 rings (SSSR count). The van der Waals surface area contributed by atoms with E-state index in [2.05, 4.69) is 20.4 Å². The predicted octanol–water partition coefficient (Wildman–Crippen LogP) is 2.56. The maximum atomic E-state index is 13.3. The fraction of sp³-hybridized carbons (Fsp3) is 0.222. The van der Waals surface area contributed by atoms with E-state index in [0.29, 0.717) is 29.3 Å². The van der Waals surface area contributed by atoms with Crippen molar-refractivity contribution >= 4 is 5.91 Å². The van der Waals surface area contributed by atoms with Crippen molar-refractivity contribution in [2.24, 2.45) is 7.05 Å². The van der Waals surface area contributed by atoms with Crippen LogP contribution in [-0.4, -0.2) is 25.7 Å². The van der Waals surface area contributed by atoms with Gasteiger partial charge >= 0.3 is 0 Å². The van der Waals surface area contributed by atoms with E-state index in [-0.39, 0.29) is 11.7 Å². The number of aryl methyl sites for hydroxylation is 3. The second kappa shape index (κ2) is 6.80. The van der Waals surface area contributed by atoms with Crippen LogP contribution in [0.25, 0.3) is 11.4 Å². The lowest BCUT2D eigenvalue weighted by Gasteiger charge is -2.08. The number of rotatable bonds is 4. The summed E-state index contributed by atoms with van der Waals surface area (Å²) in [6.45, 7) is 3.80. The Balaban J connectivity index is 1.77. The van der Waals surface area contributed by atoms with Gasteiger partial charge in [-0.2, -0.15) is 5.10 Å². The number of pyridine rings is 1. The summed E-state index contributed by atoms with van der Waals surface area (Å²) in [5, 5.41) is 7.05. The van der Waals surface area contributed by atoms with Gasteiger partial charge in [0.25, 0.3) is 5.91 Å². The van der Waals surface area contributed by atoms with E-state index < -0.39 is 0 Å². The Morgan fingerprint density at radius 2 is 2.04 bits per heavy atom. The molecule has 7 heteroatoms.